The van der Waals surface area contributed by atoms with Crippen molar-refractivity contribution in [3.8, 4) is 11.6 Å². The van der Waals surface area contributed by atoms with Gasteiger partial charge < -0.3 is 9.52 Å². The summed E-state index contributed by atoms with van der Waals surface area (Å²) in [4.78, 5) is 9.09. The zero-order valence-electron chi connectivity index (χ0n) is 12.6. The van der Waals surface area contributed by atoms with Crippen LogP contribution in [-0.2, 0) is 6.42 Å². The number of phenols is 1. The molecule has 0 aliphatic heterocycles. The SMILES string of the molecule is Cc1ccc(-n2c(Cc3ccccc3O)nc3cccnc32)o1. The summed E-state index contributed by atoms with van der Waals surface area (Å²) in [6.07, 6.45) is 2.23. The molecule has 3 aromatic heterocycles. The van der Waals surface area contributed by atoms with Crippen molar-refractivity contribution in [3.05, 3.63) is 71.9 Å². The summed E-state index contributed by atoms with van der Waals surface area (Å²) in [5, 5.41) is 10.0. The number of rotatable bonds is 3. The lowest BCUT2D eigenvalue weighted by Crippen LogP contribution is -2.02. The van der Waals surface area contributed by atoms with Gasteiger partial charge in [-0.1, -0.05) is 18.2 Å². The lowest BCUT2D eigenvalue weighted by atomic mass is 10.1. The van der Waals surface area contributed by atoms with Crippen molar-refractivity contribution < 1.29 is 9.52 Å². The first-order valence-corrected chi connectivity index (χ1v) is 7.38. The first-order valence-electron chi connectivity index (χ1n) is 7.38. The van der Waals surface area contributed by atoms with E-state index in [9.17, 15) is 5.11 Å². The van der Waals surface area contributed by atoms with E-state index >= 15 is 0 Å². The van der Waals surface area contributed by atoms with Gasteiger partial charge >= 0.3 is 0 Å². The fourth-order valence-corrected chi connectivity index (χ4v) is 2.68. The molecule has 3 heterocycles. The number of para-hydroxylation sites is 1. The molecule has 0 spiro atoms. The van der Waals surface area contributed by atoms with Gasteiger partial charge in [0.15, 0.2) is 5.65 Å². The largest absolute Gasteiger partial charge is 0.508 e. The average molecular weight is 305 g/mol. The number of nitrogens with zero attached hydrogens (tertiary/aromatic N) is 3. The number of furan rings is 1. The molecule has 114 valence electrons. The number of imidazole rings is 1. The second-order valence-corrected chi connectivity index (χ2v) is 5.40. The third kappa shape index (κ3) is 2.36. The van der Waals surface area contributed by atoms with Crippen molar-refractivity contribution in [2.75, 3.05) is 0 Å². The van der Waals surface area contributed by atoms with Crippen molar-refractivity contribution in [2.45, 2.75) is 13.3 Å². The Morgan fingerprint density at radius 1 is 1.09 bits per heavy atom. The first-order chi connectivity index (χ1) is 11.2. The number of aryl methyl sites for hydroxylation is 1. The molecule has 4 aromatic rings. The number of pyridine rings is 1. The minimum absolute atomic E-state index is 0.259. The molecule has 5 heteroatoms. The predicted molar refractivity (Wildman–Crippen MR) is 86.8 cm³/mol. The van der Waals surface area contributed by atoms with Crippen molar-refractivity contribution in [1.82, 2.24) is 14.5 Å². The molecule has 0 aliphatic rings. The van der Waals surface area contributed by atoms with Gasteiger partial charge in [-0.2, -0.15) is 0 Å². The lowest BCUT2D eigenvalue weighted by Gasteiger charge is -2.07. The zero-order valence-corrected chi connectivity index (χ0v) is 12.6. The maximum Gasteiger partial charge on any atom is 0.206 e. The highest BCUT2D eigenvalue weighted by molar-refractivity contribution is 5.73. The van der Waals surface area contributed by atoms with E-state index in [4.69, 9.17) is 4.42 Å². The fraction of sp³-hybridized carbons (Fsp3) is 0.111. The molecular weight excluding hydrogens is 290 g/mol. The number of aromatic hydroxyl groups is 1. The molecular formula is C18H15N3O2. The Morgan fingerprint density at radius 2 is 1.96 bits per heavy atom. The Balaban J connectivity index is 1.90. The molecule has 1 N–H and O–H groups in total. The van der Waals surface area contributed by atoms with E-state index in [0.717, 1.165) is 28.3 Å². The molecule has 0 amide bonds. The Hall–Kier alpha value is -3.08. The van der Waals surface area contributed by atoms with Crippen molar-refractivity contribution >= 4 is 11.2 Å². The normalized spacial score (nSPS) is 11.2. The van der Waals surface area contributed by atoms with E-state index in [1.807, 2.05) is 47.9 Å². The Bertz CT molecular complexity index is 985. The van der Waals surface area contributed by atoms with Gasteiger partial charge in [0.05, 0.1) is 0 Å². The summed E-state index contributed by atoms with van der Waals surface area (Å²) >= 11 is 0. The molecule has 0 atom stereocenters. The molecule has 5 nitrogen and oxygen atoms in total. The van der Waals surface area contributed by atoms with E-state index in [1.54, 1.807) is 18.3 Å². The van der Waals surface area contributed by atoms with Crippen LogP contribution in [0.15, 0.2) is 59.1 Å². The number of hydrogen-bond donors (Lipinski definition) is 1. The molecule has 0 saturated carbocycles. The quantitative estimate of drug-likeness (QED) is 0.628. The molecule has 0 fully saturated rings. The number of fused-ring (bicyclic) bond motifs is 1. The summed E-state index contributed by atoms with van der Waals surface area (Å²) in [6, 6.07) is 14.9. The van der Waals surface area contributed by atoms with E-state index in [0.29, 0.717) is 12.3 Å². The van der Waals surface area contributed by atoms with Gasteiger partial charge in [0.25, 0.3) is 0 Å². The van der Waals surface area contributed by atoms with Crippen molar-refractivity contribution in [2.24, 2.45) is 0 Å². The van der Waals surface area contributed by atoms with E-state index < -0.39 is 0 Å². The smallest absolute Gasteiger partial charge is 0.206 e. The standard InChI is InChI=1S/C18H15N3O2/c1-12-8-9-17(23-12)21-16(11-13-5-2-3-7-15(13)22)20-14-6-4-10-19-18(14)21/h2-10,22H,11H2,1H3. The third-order valence-electron chi connectivity index (χ3n) is 3.77. The van der Waals surface area contributed by atoms with Crippen LogP contribution in [0.25, 0.3) is 17.0 Å². The topological polar surface area (TPSA) is 64.1 Å². The van der Waals surface area contributed by atoms with Gasteiger partial charge in [0, 0.05) is 24.2 Å². The second kappa shape index (κ2) is 5.28. The van der Waals surface area contributed by atoms with Gasteiger partial charge in [0.1, 0.15) is 22.9 Å². The molecule has 23 heavy (non-hydrogen) atoms. The number of phenolic OH excluding ortho intramolecular Hbond substituents is 1. The predicted octanol–water partition coefficient (Wildman–Crippen LogP) is 3.62. The van der Waals surface area contributed by atoms with Crippen LogP contribution in [0.3, 0.4) is 0 Å². The van der Waals surface area contributed by atoms with Crippen LogP contribution in [0.2, 0.25) is 0 Å². The minimum atomic E-state index is 0.259. The number of aromatic nitrogens is 3. The second-order valence-electron chi connectivity index (χ2n) is 5.40. The van der Waals surface area contributed by atoms with Crippen LogP contribution in [-0.4, -0.2) is 19.6 Å². The molecule has 0 bridgehead atoms. The van der Waals surface area contributed by atoms with Crippen LogP contribution < -0.4 is 0 Å². The number of benzene rings is 1. The number of hydrogen-bond acceptors (Lipinski definition) is 4. The Kier molecular flexibility index (Phi) is 3.12. The first kappa shape index (κ1) is 13.6. The van der Waals surface area contributed by atoms with Gasteiger partial charge in [-0.3, -0.25) is 0 Å². The highest BCUT2D eigenvalue weighted by Gasteiger charge is 2.17. The summed E-state index contributed by atoms with van der Waals surface area (Å²) in [7, 11) is 0. The van der Waals surface area contributed by atoms with Crippen molar-refractivity contribution in [3.63, 3.8) is 0 Å². The average Bonchev–Trinajstić information content (AvgIpc) is 3.12. The van der Waals surface area contributed by atoms with Crippen LogP contribution >= 0.6 is 0 Å². The monoisotopic (exact) mass is 305 g/mol. The molecule has 0 aliphatic carbocycles. The minimum Gasteiger partial charge on any atom is -0.508 e. The van der Waals surface area contributed by atoms with E-state index in [1.165, 1.54) is 0 Å². The fourth-order valence-electron chi connectivity index (χ4n) is 2.68. The maximum atomic E-state index is 10.0. The highest BCUT2D eigenvalue weighted by atomic mass is 16.4. The lowest BCUT2D eigenvalue weighted by molar-refractivity contribution is 0.468. The zero-order chi connectivity index (χ0) is 15.8. The van der Waals surface area contributed by atoms with Gasteiger partial charge in [-0.05, 0) is 31.2 Å². The van der Waals surface area contributed by atoms with Crippen LogP contribution in [0, 0.1) is 6.92 Å². The molecule has 4 rings (SSSR count). The summed E-state index contributed by atoms with van der Waals surface area (Å²) in [6.45, 7) is 1.90. The molecule has 1 aromatic carbocycles. The van der Waals surface area contributed by atoms with E-state index in [2.05, 4.69) is 9.97 Å². The van der Waals surface area contributed by atoms with Crippen LogP contribution in [0.1, 0.15) is 17.1 Å². The van der Waals surface area contributed by atoms with Crippen LogP contribution in [0.5, 0.6) is 5.75 Å². The summed E-state index contributed by atoms with van der Waals surface area (Å²) < 4.78 is 7.66. The Labute approximate surface area is 132 Å². The summed E-state index contributed by atoms with van der Waals surface area (Å²) in [5.74, 6) is 2.53. The van der Waals surface area contributed by atoms with Gasteiger partial charge in [-0.25, -0.2) is 14.5 Å². The summed E-state index contributed by atoms with van der Waals surface area (Å²) in [5.41, 5.74) is 2.35. The van der Waals surface area contributed by atoms with Gasteiger partial charge in [0.2, 0.25) is 5.88 Å². The van der Waals surface area contributed by atoms with E-state index in [-0.39, 0.29) is 5.75 Å². The van der Waals surface area contributed by atoms with Crippen molar-refractivity contribution in [1.29, 1.82) is 0 Å². The molecule has 0 saturated heterocycles. The third-order valence-corrected chi connectivity index (χ3v) is 3.77. The van der Waals surface area contributed by atoms with Gasteiger partial charge in [-0.15, -0.1) is 0 Å². The molecule has 0 unspecified atom stereocenters. The molecule has 0 radical (unpaired) electrons. The highest BCUT2D eigenvalue weighted by Crippen LogP contribution is 2.25. The Morgan fingerprint density at radius 3 is 2.74 bits per heavy atom. The van der Waals surface area contributed by atoms with Crippen LogP contribution in [0.4, 0.5) is 0 Å². The maximum absolute atomic E-state index is 10.0.